The van der Waals surface area contributed by atoms with E-state index in [4.69, 9.17) is 5.10 Å². The number of aromatic nitrogens is 2. The predicted molar refractivity (Wildman–Crippen MR) is 140 cm³/mol. The molecule has 7 heteroatoms. The van der Waals surface area contributed by atoms with Crippen LogP contribution in [0.4, 0.5) is 5.69 Å². The van der Waals surface area contributed by atoms with Gasteiger partial charge in [-0.25, -0.2) is 0 Å². The lowest BCUT2D eigenvalue weighted by Gasteiger charge is -2.43. The number of nitrogens with zero attached hydrogens (tertiary/aromatic N) is 3. The van der Waals surface area contributed by atoms with Crippen LogP contribution in [0.1, 0.15) is 39.7 Å². The molecular formula is C28H28N4O2S. The highest BCUT2D eigenvalue weighted by atomic mass is 32.1. The molecule has 2 aromatic carbocycles. The van der Waals surface area contributed by atoms with E-state index in [2.05, 4.69) is 5.32 Å². The molecule has 35 heavy (non-hydrogen) atoms. The molecule has 0 aliphatic carbocycles. The van der Waals surface area contributed by atoms with E-state index >= 15 is 0 Å². The summed E-state index contributed by atoms with van der Waals surface area (Å²) < 4.78 is 1.68. The smallest absolute Gasteiger partial charge is 0.277 e. The molecule has 1 atom stereocenters. The largest absolute Gasteiger partial charge is 0.350 e. The van der Waals surface area contributed by atoms with Crippen molar-refractivity contribution in [3.63, 3.8) is 0 Å². The van der Waals surface area contributed by atoms with Gasteiger partial charge in [0.2, 0.25) is 5.91 Å². The first kappa shape index (κ1) is 23.1. The number of nitrogens with one attached hydrogen (secondary N) is 1. The van der Waals surface area contributed by atoms with E-state index in [0.29, 0.717) is 12.2 Å². The number of aryl methyl sites for hydroxylation is 3. The lowest BCUT2D eigenvalue weighted by Crippen LogP contribution is -2.64. The summed E-state index contributed by atoms with van der Waals surface area (Å²) in [5, 5.41) is 9.78. The Bertz CT molecular complexity index is 1410. The maximum Gasteiger partial charge on any atom is 0.277 e. The minimum absolute atomic E-state index is 0.217. The number of hydrogen-bond acceptors (Lipinski definition) is 4. The molecule has 0 unspecified atom stereocenters. The molecule has 0 bridgehead atoms. The van der Waals surface area contributed by atoms with Crippen molar-refractivity contribution < 1.29 is 9.59 Å². The van der Waals surface area contributed by atoms with Gasteiger partial charge in [-0.15, -0.1) is 11.3 Å². The Labute approximate surface area is 209 Å². The van der Waals surface area contributed by atoms with E-state index in [1.807, 2.05) is 93.7 Å². The summed E-state index contributed by atoms with van der Waals surface area (Å²) in [6.07, 6.45) is 0. The lowest BCUT2D eigenvalue weighted by molar-refractivity contribution is -0.126. The van der Waals surface area contributed by atoms with Crippen LogP contribution < -0.4 is 10.2 Å². The average Bonchev–Trinajstić information content (AvgIpc) is 3.51. The molecule has 0 fully saturated rings. The van der Waals surface area contributed by atoms with Crippen LogP contribution in [-0.2, 0) is 17.9 Å². The summed E-state index contributed by atoms with van der Waals surface area (Å²) in [6, 6.07) is 19.8. The molecule has 1 aliphatic rings. The van der Waals surface area contributed by atoms with Crippen molar-refractivity contribution in [1.82, 2.24) is 15.1 Å². The third kappa shape index (κ3) is 4.17. The van der Waals surface area contributed by atoms with Gasteiger partial charge in [0.25, 0.3) is 5.91 Å². The van der Waals surface area contributed by atoms with Crippen LogP contribution in [-0.4, -0.2) is 27.1 Å². The lowest BCUT2D eigenvalue weighted by atomic mass is 9.92. The van der Waals surface area contributed by atoms with Gasteiger partial charge >= 0.3 is 0 Å². The van der Waals surface area contributed by atoms with Crippen molar-refractivity contribution in [3.05, 3.63) is 94.0 Å². The van der Waals surface area contributed by atoms with Gasteiger partial charge in [-0.05, 0) is 68.0 Å². The summed E-state index contributed by atoms with van der Waals surface area (Å²) in [5.41, 5.74) is 4.95. The van der Waals surface area contributed by atoms with Crippen LogP contribution in [0.2, 0.25) is 0 Å². The second kappa shape index (κ2) is 8.82. The van der Waals surface area contributed by atoms with E-state index in [1.54, 1.807) is 20.9 Å². The molecule has 1 N–H and O–H groups in total. The molecule has 2 aromatic heterocycles. The summed E-state index contributed by atoms with van der Waals surface area (Å²) >= 11 is 1.58. The van der Waals surface area contributed by atoms with Gasteiger partial charge in [0.15, 0.2) is 0 Å². The molecule has 5 rings (SSSR count). The molecule has 4 aromatic rings. The molecule has 0 spiro atoms. The average molecular weight is 485 g/mol. The monoisotopic (exact) mass is 484 g/mol. The maximum atomic E-state index is 14.0. The Hall–Kier alpha value is -3.71. The number of amides is 2. The quantitative estimate of drug-likeness (QED) is 0.420. The second-order valence-electron chi connectivity index (χ2n) is 9.42. The van der Waals surface area contributed by atoms with Crippen LogP contribution in [0.5, 0.6) is 0 Å². The normalized spacial score (nSPS) is 17.4. The van der Waals surface area contributed by atoms with Gasteiger partial charge in [-0.3, -0.25) is 19.2 Å². The molecule has 0 saturated heterocycles. The van der Waals surface area contributed by atoms with E-state index in [0.717, 1.165) is 32.9 Å². The summed E-state index contributed by atoms with van der Waals surface area (Å²) in [5.74, 6) is -0.445. The molecular weight excluding hydrogens is 456 g/mol. The standard InChI is InChI=1S/C28H28N4O2S/c1-18-8-11-21(12-9-18)16-29-27(34)28(4)17-31-24(15-22(30-31)25-6-5-13-35-25)26(33)32(28)23-14-19(2)7-10-20(23)3/h5-15H,16-17H2,1-4H3,(H,29,34)/t28-/m1/s1. The number of thiophene rings is 1. The summed E-state index contributed by atoms with van der Waals surface area (Å²) in [4.78, 5) is 30.4. The first-order valence-electron chi connectivity index (χ1n) is 11.6. The van der Waals surface area contributed by atoms with Crippen LogP contribution in [0, 0.1) is 20.8 Å². The van der Waals surface area contributed by atoms with Gasteiger partial charge in [-0.1, -0.05) is 48.0 Å². The third-order valence-electron chi connectivity index (χ3n) is 6.60. The van der Waals surface area contributed by atoms with Crippen molar-refractivity contribution in [2.24, 2.45) is 0 Å². The topological polar surface area (TPSA) is 67.2 Å². The van der Waals surface area contributed by atoms with E-state index in [1.165, 1.54) is 5.56 Å². The van der Waals surface area contributed by atoms with Crippen molar-refractivity contribution in [2.75, 3.05) is 4.90 Å². The maximum absolute atomic E-state index is 14.0. The van der Waals surface area contributed by atoms with Gasteiger partial charge < -0.3 is 5.32 Å². The number of fused-ring (bicyclic) bond motifs is 1. The fraction of sp³-hybridized carbons (Fsp3) is 0.250. The van der Waals surface area contributed by atoms with Crippen LogP contribution >= 0.6 is 11.3 Å². The minimum atomic E-state index is -1.16. The SMILES string of the molecule is Cc1ccc(CNC(=O)[C@@]2(C)Cn3nc(-c4cccs4)cc3C(=O)N2c2cc(C)ccc2C)cc1. The zero-order valence-electron chi connectivity index (χ0n) is 20.3. The molecule has 6 nitrogen and oxygen atoms in total. The Morgan fingerprint density at radius 1 is 1.06 bits per heavy atom. The van der Waals surface area contributed by atoms with Gasteiger partial charge in [0.1, 0.15) is 16.9 Å². The van der Waals surface area contributed by atoms with Gasteiger partial charge in [0.05, 0.1) is 11.4 Å². The van der Waals surface area contributed by atoms with Crippen LogP contribution in [0.3, 0.4) is 0 Å². The summed E-state index contributed by atoms with van der Waals surface area (Å²) in [7, 11) is 0. The Kier molecular flexibility index (Phi) is 5.81. The fourth-order valence-electron chi connectivity index (χ4n) is 4.54. The van der Waals surface area contributed by atoms with Crippen LogP contribution in [0.15, 0.2) is 66.0 Å². The van der Waals surface area contributed by atoms with Crippen molar-refractivity contribution in [2.45, 2.75) is 46.3 Å². The number of anilines is 1. The minimum Gasteiger partial charge on any atom is -0.350 e. The zero-order valence-corrected chi connectivity index (χ0v) is 21.1. The second-order valence-corrected chi connectivity index (χ2v) is 10.4. The van der Waals surface area contributed by atoms with Gasteiger partial charge in [0, 0.05) is 12.2 Å². The highest BCUT2D eigenvalue weighted by Crippen LogP contribution is 2.36. The zero-order chi connectivity index (χ0) is 24.7. The Morgan fingerprint density at radius 3 is 2.51 bits per heavy atom. The van der Waals surface area contributed by atoms with E-state index < -0.39 is 5.54 Å². The number of rotatable bonds is 5. The van der Waals surface area contributed by atoms with Crippen molar-refractivity contribution in [1.29, 1.82) is 0 Å². The van der Waals surface area contributed by atoms with E-state index in [-0.39, 0.29) is 18.4 Å². The third-order valence-corrected chi connectivity index (χ3v) is 7.49. The molecule has 3 heterocycles. The fourth-order valence-corrected chi connectivity index (χ4v) is 5.22. The summed E-state index contributed by atoms with van der Waals surface area (Å²) in [6.45, 7) is 8.46. The Morgan fingerprint density at radius 2 is 1.80 bits per heavy atom. The number of benzene rings is 2. The number of carbonyl (C=O) groups is 2. The predicted octanol–water partition coefficient (Wildman–Crippen LogP) is 5.27. The van der Waals surface area contributed by atoms with Gasteiger partial charge in [-0.2, -0.15) is 5.10 Å². The highest BCUT2D eigenvalue weighted by Gasteiger charge is 2.49. The molecule has 2 amide bonds. The molecule has 1 aliphatic heterocycles. The Balaban J connectivity index is 1.56. The van der Waals surface area contributed by atoms with E-state index in [9.17, 15) is 9.59 Å². The first-order chi connectivity index (χ1) is 16.8. The number of carbonyl (C=O) groups excluding carboxylic acids is 2. The molecule has 0 saturated carbocycles. The highest BCUT2D eigenvalue weighted by molar-refractivity contribution is 7.13. The van der Waals surface area contributed by atoms with Crippen molar-refractivity contribution in [3.8, 4) is 10.6 Å². The van der Waals surface area contributed by atoms with Crippen LogP contribution in [0.25, 0.3) is 10.6 Å². The molecule has 0 radical (unpaired) electrons. The first-order valence-corrected chi connectivity index (χ1v) is 12.5. The number of hydrogen-bond donors (Lipinski definition) is 1. The van der Waals surface area contributed by atoms with Crippen molar-refractivity contribution >= 4 is 28.8 Å². The molecule has 178 valence electrons.